The number of hydrogen-bond donors (Lipinski definition) is 0. The highest BCUT2D eigenvalue weighted by Gasteiger charge is 2.46. The molecule has 0 atom stereocenters. The molecule has 2 heterocycles. The van der Waals surface area contributed by atoms with Crippen LogP contribution in [-0.4, -0.2) is 41.5 Å². The number of hydrogen-bond acceptors (Lipinski definition) is 8. The van der Waals surface area contributed by atoms with Gasteiger partial charge in [0.15, 0.2) is 0 Å². The number of nitrogens with zero attached hydrogens (tertiary/aromatic N) is 1. The Kier molecular flexibility index (Phi) is 7.96. The summed E-state index contributed by atoms with van der Waals surface area (Å²) < 4.78 is 11.1. The first-order valence-electron chi connectivity index (χ1n) is 11.9. The van der Waals surface area contributed by atoms with E-state index in [2.05, 4.69) is 0 Å². The molecule has 0 saturated heterocycles. The Labute approximate surface area is 230 Å². The third-order valence-corrected chi connectivity index (χ3v) is 9.21. The van der Waals surface area contributed by atoms with Gasteiger partial charge in [-0.3, -0.25) is 9.69 Å². The van der Waals surface area contributed by atoms with E-state index in [1.54, 1.807) is 30.9 Å². The normalized spacial score (nSPS) is 16.6. The maximum absolute atomic E-state index is 13.8. The number of aryl methyl sites for hydroxylation is 1. The van der Waals surface area contributed by atoms with Crippen LogP contribution in [0.2, 0.25) is 0 Å². The number of thiocarbonyl (C=S) groups is 1. The zero-order chi connectivity index (χ0) is 26.9. The number of benzene rings is 2. The zero-order valence-electron chi connectivity index (χ0n) is 21.2. The van der Waals surface area contributed by atoms with Gasteiger partial charge in [-0.2, -0.15) is 0 Å². The molecule has 0 fully saturated rings. The summed E-state index contributed by atoms with van der Waals surface area (Å²) in [7, 11) is 0. The predicted octanol–water partition coefficient (Wildman–Crippen LogP) is 6.29. The number of anilines is 1. The van der Waals surface area contributed by atoms with E-state index in [-0.39, 0.29) is 28.9 Å². The fraction of sp³-hybridized carbons (Fsp3) is 0.286. The first kappa shape index (κ1) is 27.2. The molecular formula is C28H27NO5S3. The number of esters is 2. The lowest BCUT2D eigenvalue weighted by Gasteiger charge is -2.45. The predicted molar refractivity (Wildman–Crippen MR) is 154 cm³/mol. The summed E-state index contributed by atoms with van der Waals surface area (Å²) in [4.78, 5) is 42.0. The Morgan fingerprint density at radius 2 is 1.49 bits per heavy atom. The van der Waals surface area contributed by atoms with Gasteiger partial charge in [-0.1, -0.05) is 65.6 Å². The van der Waals surface area contributed by atoms with Gasteiger partial charge in [-0.15, -0.1) is 0 Å². The van der Waals surface area contributed by atoms with Crippen molar-refractivity contribution in [1.82, 2.24) is 0 Å². The highest BCUT2D eigenvalue weighted by Crippen LogP contribution is 2.56. The van der Waals surface area contributed by atoms with Crippen molar-refractivity contribution in [2.24, 2.45) is 0 Å². The van der Waals surface area contributed by atoms with Crippen molar-refractivity contribution in [3.8, 4) is 0 Å². The smallest absolute Gasteiger partial charge is 0.346 e. The molecule has 0 bridgehead atoms. The van der Waals surface area contributed by atoms with Crippen LogP contribution in [-0.2, 0) is 19.1 Å². The van der Waals surface area contributed by atoms with E-state index in [1.807, 2.05) is 57.2 Å². The van der Waals surface area contributed by atoms with Crippen molar-refractivity contribution in [2.45, 2.75) is 40.2 Å². The molecule has 0 aliphatic carbocycles. The molecule has 2 aliphatic rings. The average molecular weight is 554 g/mol. The molecule has 9 heteroatoms. The number of rotatable bonds is 5. The second-order valence-electron chi connectivity index (χ2n) is 8.88. The molecule has 37 heavy (non-hydrogen) atoms. The fourth-order valence-corrected chi connectivity index (χ4v) is 7.20. The van der Waals surface area contributed by atoms with Crippen LogP contribution in [0, 0.1) is 6.92 Å². The van der Waals surface area contributed by atoms with E-state index >= 15 is 0 Å². The minimum absolute atomic E-state index is 0.161. The van der Waals surface area contributed by atoms with Crippen LogP contribution in [0.4, 0.5) is 5.69 Å². The van der Waals surface area contributed by atoms with Crippen LogP contribution < -0.4 is 4.90 Å². The number of carbonyl (C=O) groups is 3. The van der Waals surface area contributed by atoms with Gasteiger partial charge in [0.2, 0.25) is 0 Å². The van der Waals surface area contributed by atoms with Crippen LogP contribution in [0.15, 0.2) is 62.6 Å². The highest BCUT2D eigenvalue weighted by molar-refractivity contribution is 8.29. The quantitative estimate of drug-likeness (QED) is 0.243. The van der Waals surface area contributed by atoms with E-state index in [1.165, 1.54) is 0 Å². The third kappa shape index (κ3) is 5.00. The van der Waals surface area contributed by atoms with Gasteiger partial charge in [-0.25, -0.2) is 9.59 Å². The first-order valence-corrected chi connectivity index (χ1v) is 13.9. The van der Waals surface area contributed by atoms with Crippen molar-refractivity contribution < 1.29 is 23.9 Å². The van der Waals surface area contributed by atoms with E-state index in [4.69, 9.17) is 21.7 Å². The Balaban J connectivity index is 1.89. The molecule has 0 spiro atoms. The summed E-state index contributed by atoms with van der Waals surface area (Å²) in [5.74, 6) is -1.32. The topological polar surface area (TPSA) is 72.9 Å². The van der Waals surface area contributed by atoms with Crippen LogP contribution in [0.1, 0.15) is 49.2 Å². The monoisotopic (exact) mass is 553 g/mol. The zero-order valence-corrected chi connectivity index (χ0v) is 23.7. The molecule has 0 N–H and O–H groups in total. The lowest BCUT2D eigenvalue weighted by atomic mass is 9.82. The Morgan fingerprint density at radius 1 is 0.919 bits per heavy atom. The Hall–Kier alpha value is -2.88. The number of carbonyl (C=O) groups excluding carboxylic acids is 3. The molecule has 0 saturated carbocycles. The molecule has 4 rings (SSSR count). The van der Waals surface area contributed by atoms with E-state index < -0.39 is 17.5 Å². The minimum Gasteiger partial charge on any atom is -0.462 e. The summed E-state index contributed by atoms with van der Waals surface area (Å²) in [5, 5.41) is 0. The number of fused-ring (bicyclic) bond motifs is 1. The third-order valence-electron chi connectivity index (χ3n) is 5.95. The number of ether oxygens (including phenoxy) is 2. The van der Waals surface area contributed by atoms with Gasteiger partial charge in [0.1, 0.15) is 9.81 Å². The molecule has 192 valence electrons. The van der Waals surface area contributed by atoms with Crippen molar-refractivity contribution in [1.29, 1.82) is 0 Å². The maximum atomic E-state index is 13.8. The summed E-state index contributed by atoms with van der Waals surface area (Å²) in [6, 6.07) is 15.0. The van der Waals surface area contributed by atoms with Crippen molar-refractivity contribution >= 4 is 69.7 Å². The SMILES string of the molecule is CCOC(=O)C1=C(C(=O)OCC)SC(=C2C(=S)C(C)(C)N(C(=O)c3ccccc3)c3ccc(C)cc32)S1. The molecule has 2 aromatic carbocycles. The molecule has 0 unspecified atom stereocenters. The van der Waals surface area contributed by atoms with Crippen LogP contribution >= 0.6 is 35.7 Å². The average Bonchev–Trinajstić information content (AvgIpc) is 3.31. The van der Waals surface area contributed by atoms with Gasteiger partial charge in [0.25, 0.3) is 5.91 Å². The molecule has 6 nitrogen and oxygen atoms in total. The number of thioether (sulfide) groups is 2. The van der Waals surface area contributed by atoms with Crippen molar-refractivity contribution in [3.63, 3.8) is 0 Å². The highest BCUT2D eigenvalue weighted by atomic mass is 32.2. The second kappa shape index (κ2) is 10.8. The largest absolute Gasteiger partial charge is 0.462 e. The molecular weight excluding hydrogens is 527 g/mol. The van der Waals surface area contributed by atoms with Gasteiger partial charge in [0.05, 0.1) is 33.5 Å². The molecule has 0 radical (unpaired) electrons. The number of amides is 1. The van der Waals surface area contributed by atoms with Crippen LogP contribution in [0.25, 0.3) is 5.57 Å². The van der Waals surface area contributed by atoms with E-state index in [9.17, 15) is 14.4 Å². The maximum Gasteiger partial charge on any atom is 0.346 e. The fourth-order valence-electron chi connectivity index (χ4n) is 4.21. The van der Waals surface area contributed by atoms with E-state index in [0.717, 1.165) is 40.2 Å². The van der Waals surface area contributed by atoms with Gasteiger partial charge < -0.3 is 9.47 Å². The van der Waals surface area contributed by atoms with Gasteiger partial charge >= 0.3 is 11.9 Å². The van der Waals surface area contributed by atoms with Gasteiger partial charge in [-0.05, 0) is 58.9 Å². The minimum atomic E-state index is -0.870. The first-order chi connectivity index (χ1) is 17.6. The Bertz CT molecular complexity index is 1330. The summed E-state index contributed by atoms with van der Waals surface area (Å²) in [6.07, 6.45) is 0. The van der Waals surface area contributed by atoms with Crippen LogP contribution in [0.5, 0.6) is 0 Å². The molecule has 2 aliphatic heterocycles. The van der Waals surface area contributed by atoms with Crippen LogP contribution in [0.3, 0.4) is 0 Å². The summed E-state index contributed by atoms with van der Waals surface area (Å²) >= 11 is 8.37. The summed E-state index contributed by atoms with van der Waals surface area (Å²) in [6.45, 7) is 9.58. The van der Waals surface area contributed by atoms with E-state index in [0.29, 0.717) is 20.4 Å². The Morgan fingerprint density at radius 3 is 2.03 bits per heavy atom. The van der Waals surface area contributed by atoms with Gasteiger partial charge in [0, 0.05) is 16.7 Å². The standard InChI is InChI=1S/C28H27NO5S3/c1-6-33-25(31)21-22(26(32)34-7-2)37-27(36-21)20-18-15-16(3)13-14-19(18)29(28(4,5)23(20)35)24(30)17-11-9-8-10-12-17/h8-15H,6-7H2,1-5H3. The van der Waals surface area contributed by atoms with Crippen molar-refractivity contribution in [2.75, 3.05) is 18.1 Å². The second-order valence-corrected chi connectivity index (χ2v) is 11.6. The lowest BCUT2D eigenvalue weighted by molar-refractivity contribution is -0.140. The summed E-state index contributed by atoms with van der Waals surface area (Å²) in [5.41, 5.74) is 2.89. The molecule has 0 aromatic heterocycles. The molecule has 2 aromatic rings. The van der Waals surface area contributed by atoms with Crippen molar-refractivity contribution in [3.05, 3.63) is 79.3 Å². The molecule has 1 amide bonds. The lowest BCUT2D eigenvalue weighted by Crippen LogP contribution is -2.56.